The highest BCUT2D eigenvalue weighted by molar-refractivity contribution is 7.97. The molecule has 0 aliphatic rings. The first-order valence-corrected chi connectivity index (χ1v) is 6.89. The Labute approximate surface area is 102 Å². The summed E-state index contributed by atoms with van der Waals surface area (Å²) in [6.45, 7) is 0. The van der Waals surface area contributed by atoms with Crippen molar-refractivity contribution >= 4 is 27.3 Å². The van der Waals surface area contributed by atoms with Gasteiger partial charge in [0.1, 0.15) is 10.3 Å². The van der Waals surface area contributed by atoms with Crippen LogP contribution in [0.5, 0.6) is 0 Å². The SMILES string of the molecule is N#C/C(=C/c1cnc[nH]1)S(=O)(=O)c1cccs1. The van der Waals surface area contributed by atoms with E-state index in [0.29, 0.717) is 5.69 Å². The molecule has 5 nitrogen and oxygen atoms in total. The van der Waals surface area contributed by atoms with Crippen molar-refractivity contribution in [3.63, 3.8) is 0 Å². The Morgan fingerprint density at radius 2 is 2.41 bits per heavy atom. The second kappa shape index (κ2) is 4.53. The van der Waals surface area contributed by atoms with Gasteiger partial charge in [-0.05, 0) is 17.5 Å². The number of sulfone groups is 1. The van der Waals surface area contributed by atoms with Crippen molar-refractivity contribution in [2.24, 2.45) is 0 Å². The van der Waals surface area contributed by atoms with Gasteiger partial charge in [-0.2, -0.15) is 5.26 Å². The van der Waals surface area contributed by atoms with Crippen LogP contribution >= 0.6 is 11.3 Å². The van der Waals surface area contributed by atoms with E-state index in [-0.39, 0.29) is 9.11 Å². The van der Waals surface area contributed by atoms with Crippen LogP contribution in [0.2, 0.25) is 0 Å². The number of aromatic nitrogens is 2. The molecule has 0 unspecified atom stereocenters. The number of imidazole rings is 1. The van der Waals surface area contributed by atoms with E-state index in [4.69, 9.17) is 5.26 Å². The number of rotatable bonds is 3. The van der Waals surface area contributed by atoms with Crippen LogP contribution in [0.25, 0.3) is 6.08 Å². The number of nitrogens with zero attached hydrogens (tertiary/aromatic N) is 2. The molecule has 17 heavy (non-hydrogen) atoms. The van der Waals surface area contributed by atoms with Crippen LogP contribution in [-0.4, -0.2) is 18.4 Å². The van der Waals surface area contributed by atoms with Gasteiger partial charge < -0.3 is 4.98 Å². The van der Waals surface area contributed by atoms with Gasteiger partial charge in [-0.15, -0.1) is 11.3 Å². The van der Waals surface area contributed by atoms with Crippen molar-refractivity contribution in [3.8, 4) is 6.07 Å². The summed E-state index contributed by atoms with van der Waals surface area (Å²) in [5.41, 5.74) is 0.474. The summed E-state index contributed by atoms with van der Waals surface area (Å²) in [5.74, 6) is 0. The lowest BCUT2D eigenvalue weighted by Gasteiger charge is -1.98. The maximum atomic E-state index is 12.0. The summed E-state index contributed by atoms with van der Waals surface area (Å²) < 4.78 is 24.2. The maximum absolute atomic E-state index is 12.0. The fraction of sp³-hybridized carbons (Fsp3) is 0. The number of aromatic amines is 1. The zero-order valence-electron chi connectivity index (χ0n) is 8.49. The smallest absolute Gasteiger partial charge is 0.226 e. The highest BCUT2D eigenvalue weighted by atomic mass is 32.2. The molecule has 2 heterocycles. The first-order valence-electron chi connectivity index (χ1n) is 4.53. The van der Waals surface area contributed by atoms with Crippen LogP contribution in [0.4, 0.5) is 0 Å². The Balaban J connectivity index is 2.49. The number of H-pyrrole nitrogens is 1. The van der Waals surface area contributed by atoms with Gasteiger partial charge in [0.25, 0.3) is 0 Å². The molecule has 2 aromatic heterocycles. The van der Waals surface area contributed by atoms with Crippen LogP contribution in [-0.2, 0) is 9.84 Å². The molecular weight excluding hydrogens is 258 g/mol. The van der Waals surface area contributed by atoms with Gasteiger partial charge in [0.05, 0.1) is 18.2 Å². The van der Waals surface area contributed by atoms with Crippen molar-refractivity contribution in [3.05, 3.63) is 40.6 Å². The number of nitriles is 1. The molecular formula is C10H7N3O2S2. The Hall–Kier alpha value is -1.91. The Kier molecular flexibility index (Phi) is 3.08. The van der Waals surface area contributed by atoms with Crippen LogP contribution in [0, 0.1) is 11.3 Å². The Bertz CT molecular complexity index is 662. The molecule has 2 aromatic rings. The molecule has 0 saturated carbocycles. The summed E-state index contributed by atoms with van der Waals surface area (Å²) in [6.07, 6.45) is 4.13. The van der Waals surface area contributed by atoms with E-state index in [1.165, 1.54) is 24.7 Å². The van der Waals surface area contributed by atoms with Crippen LogP contribution in [0.15, 0.2) is 39.2 Å². The third-order valence-corrected chi connectivity index (χ3v) is 5.03. The number of hydrogen-bond acceptors (Lipinski definition) is 5. The lowest BCUT2D eigenvalue weighted by atomic mass is 10.4. The monoisotopic (exact) mass is 265 g/mol. The normalized spacial score (nSPS) is 12.3. The van der Waals surface area contributed by atoms with E-state index in [0.717, 1.165) is 11.3 Å². The molecule has 0 aromatic carbocycles. The summed E-state index contributed by atoms with van der Waals surface area (Å²) in [4.78, 5) is 6.17. The Morgan fingerprint density at radius 3 is 2.94 bits per heavy atom. The Morgan fingerprint density at radius 1 is 1.59 bits per heavy atom. The van der Waals surface area contributed by atoms with E-state index >= 15 is 0 Å². The molecule has 0 amide bonds. The highest BCUT2D eigenvalue weighted by Crippen LogP contribution is 2.24. The average Bonchev–Trinajstić information content (AvgIpc) is 2.98. The second-order valence-corrected chi connectivity index (χ2v) is 6.16. The predicted molar refractivity (Wildman–Crippen MR) is 63.7 cm³/mol. The first-order chi connectivity index (χ1) is 8.14. The first kappa shape index (κ1) is 11.6. The van der Waals surface area contributed by atoms with Crippen LogP contribution in [0.1, 0.15) is 5.69 Å². The molecule has 7 heteroatoms. The lowest BCUT2D eigenvalue weighted by Crippen LogP contribution is -2.01. The van der Waals surface area contributed by atoms with E-state index in [9.17, 15) is 8.42 Å². The van der Waals surface area contributed by atoms with Gasteiger partial charge in [-0.1, -0.05) is 6.07 Å². The van der Waals surface area contributed by atoms with E-state index < -0.39 is 9.84 Å². The highest BCUT2D eigenvalue weighted by Gasteiger charge is 2.21. The molecule has 86 valence electrons. The van der Waals surface area contributed by atoms with Gasteiger partial charge in [-0.3, -0.25) is 0 Å². The van der Waals surface area contributed by atoms with Crippen molar-refractivity contribution in [1.82, 2.24) is 9.97 Å². The summed E-state index contributed by atoms with van der Waals surface area (Å²) in [5, 5.41) is 10.6. The minimum Gasteiger partial charge on any atom is -0.345 e. The van der Waals surface area contributed by atoms with Crippen molar-refractivity contribution in [2.75, 3.05) is 0 Å². The minimum atomic E-state index is -3.71. The maximum Gasteiger partial charge on any atom is 0.226 e. The van der Waals surface area contributed by atoms with Crippen molar-refractivity contribution in [2.45, 2.75) is 4.21 Å². The molecule has 0 saturated heterocycles. The van der Waals surface area contributed by atoms with Crippen molar-refractivity contribution in [1.29, 1.82) is 5.26 Å². The van der Waals surface area contributed by atoms with E-state index in [2.05, 4.69) is 9.97 Å². The molecule has 0 spiro atoms. The van der Waals surface area contributed by atoms with Gasteiger partial charge in [-0.25, -0.2) is 13.4 Å². The minimum absolute atomic E-state index is 0.157. The second-order valence-electron chi connectivity index (χ2n) is 3.06. The topological polar surface area (TPSA) is 86.6 Å². The summed E-state index contributed by atoms with van der Waals surface area (Å²) >= 11 is 1.08. The molecule has 0 bridgehead atoms. The fourth-order valence-corrected chi connectivity index (χ4v) is 3.45. The van der Waals surface area contributed by atoms with E-state index in [1.807, 2.05) is 0 Å². The zero-order chi connectivity index (χ0) is 12.3. The predicted octanol–water partition coefficient (Wildman–Crippen LogP) is 1.81. The van der Waals surface area contributed by atoms with Gasteiger partial charge in [0, 0.05) is 0 Å². The third-order valence-electron chi connectivity index (χ3n) is 1.97. The molecule has 0 atom stereocenters. The number of allylic oxidation sites excluding steroid dienone is 1. The molecule has 0 radical (unpaired) electrons. The zero-order valence-corrected chi connectivity index (χ0v) is 10.1. The number of nitrogens with one attached hydrogen (secondary N) is 1. The molecule has 2 rings (SSSR count). The molecule has 0 aliphatic carbocycles. The van der Waals surface area contributed by atoms with Crippen molar-refractivity contribution < 1.29 is 8.42 Å². The number of hydrogen-bond donors (Lipinski definition) is 1. The fourth-order valence-electron chi connectivity index (χ4n) is 1.18. The summed E-state index contributed by atoms with van der Waals surface area (Å²) in [6, 6.07) is 4.80. The molecule has 1 N–H and O–H groups in total. The lowest BCUT2D eigenvalue weighted by molar-refractivity contribution is 0.605. The average molecular weight is 265 g/mol. The van der Waals surface area contributed by atoms with E-state index in [1.54, 1.807) is 17.5 Å². The number of thiophene rings is 1. The van der Waals surface area contributed by atoms with Crippen LogP contribution < -0.4 is 0 Å². The third kappa shape index (κ3) is 2.27. The van der Waals surface area contributed by atoms with Crippen LogP contribution in [0.3, 0.4) is 0 Å². The standard InChI is InChI=1S/C10H7N3O2S2/c11-5-9(4-8-6-12-7-13-8)17(14,15)10-2-1-3-16-10/h1-4,6-7H,(H,12,13)/b9-4-. The van der Waals surface area contributed by atoms with Gasteiger partial charge >= 0.3 is 0 Å². The largest absolute Gasteiger partial charge is 0.345 e. The van der Waals surface area contributed by atoms with Gasteiger partial charge in [0.2, 0.25) is 9.84 Å². The quantitative estimate of drug-likeness (QED) is 0.857. The molecule has 0 fully saturated rings. The summed E-state index contributed by atoms with van der Waals surface area (Å²) in [7, 11) is -3.71. The molecule has 0 aliphatic heterocycles. The van der Waals surface area contributed by atoms with Gasteiger partial charge in [0.15, 0.2) is 4.91 Å².